The number of tetrazole rings is 1. The van der Waals surface area contributed by atoms with Gasteiger partial charge in [-0.3, -0.25) is 0 Å². The maximum absolute atomic E-state index is 5.77. The maximum atomic E-state index is 5.77. The summed E-state index contributed by atoms with van der Waals surface area (Å²) in [4.78, 5) is 1.07. The second kappa shape index (κ2) is 3.31. The van der Waals surface area contributed by atoms with Gasteiger partial charge in [0.1, 0.15) is 0 Å². The van der Waals surface area contributed by atoms with Crippen LogP contribution in [0.3, 0.4) is 0 Å². The first-order valence-electron chi connectivity index (χ1n) is 3.51. The Labute approximate surface area is 83.1 Å². The largest absolute Gasteiger partial charge is 0.367 e. The Morgan fingerprint density at radius 2 is 2.38 bits per heavy atom. The molecule has 7 heteroatoms. The summed E-state index contributed by atoms with van der Waals surface area (Å²) in [5.41, 5.74) is 5.49. The summed E-state index contributed by atoms with van der Waals surface area (Å²) in [6.07, 6.45) is 0. The number of nitrogens with zero attached hydrogens (tertiary/aromatic N) is 4. The van der Waals surface area contributed by atoms with Gasteiger partial charge >= 0.3 is 0 Å². The van der Waals surface area contributed by atoms with Crippen LogP contribution < -0.4 is 5.73 Å². The van der Waals surface area contributed by atoms with E-state index in [1.54, 1.807) is 0 Å². The van der Waals surface area contributed by atoms with Crippen LogP contribution in [-0.2, 0) is 6.54 Å². The van der Waals surface area contributed by atoms with Crippen LogP contribution in [0.2, 0.25) is 4.34 Å². The average Bonchev–Trinajstić information content (AvgIpc) is 2.64. The molecule has 0 saturated heterocycles. The minimum Gasteiger partial charge on any atom is -0.367 e. The molecule has 0 aliphatic carbocycles. The minimum absolute atomic E-state index is 0.310. The first kappa shape index (κ1) is 8.46. The van der Waals surface area contributed by atoms with Crippen molar-refractivity contribution in [1.29, 1.82) is 0 Å². The number of thiophene rings is 1. The number of nitrogens with two attached hydrogens (primary N) is 1. The van der Waals surface area contributed by atoms with Crippen molar-refractivity contribution in [2.75, 3.05) is 5.73 Å². The summed E-state index contributed by atoms with van der Waals surface area (Å²) < 4.78 is 2.27. The van der Waals surface area contributed by atoms with Gasteiger partial charge in [0, 0.05) is 4.88 Å². The van der Waals surface area contributed by atoms with Gasteiger partial charge in [0.2, 0.25) is 5.95 Å². The Hall–Kier alpha value is -1.14. The molecule has 13 heavy (non-hydrogen) atoms. The molecule has 2 aromatic heterocycles. The zero-order valence-corrected chi connectivity index (χ0v) is 8.09. The van der Waals surface area contributed by atoms with Gasteiger partial charge in [-0.2, -0.15) is 0 Å². The zero-order chi connectivity index (χ0) is 9.26. The summed E-state index contributed by atoms with van der Waals surface area (Å²) in [5.74, 6) is 0.310. The van der Waals surface area contributed by atoms with Crippen molar-refractivity contribution in [3.63, 3.8) is 0 Å². The van der Waals surface area contributed by atoms with Gasteiger partial charge in [-0.15, -0.1) is 11.3 Å². The highest BCUT2D eigenvalue weighted by molar-refractivity contribution is 7.16. The first-order chi connectivity index (χ1) is 6.25. The lowest BCUT2D eigenvalue weighted by Crippen LogP contribution is -2.05. The van der Waals surface area contributed by atoms with Crippen molar-refractivity contribution in [3.8, 4) is 0 Å². The van der Waals surface area contributed by atoms with Gasteiger partial charge in [-0.1, -0.05) is 16.7 Å². The molecule has 0 spiro atoms. The van der Waals surface area contributed by atoms with Crippen molar-refractivity contribution < 1.29 is 0 Å². The number of halogens is 1. The highest BCUT2D eigenvalue weighted by atomic mass is 35.5. The number of nitrogen functional groups attached to an aromatic ring is 1. The van der Waals surface area contributed by atoms with Crippen LogP contribution in [0, 0.1) is 0 Å². The van der Waals surface area contributed by atoms with Crippen molar-refractivity contribution in [2.45, 2.75) is 6.54 Å². The van der Waals surface area contributed by atoms with Crippen LogP contribution in [-0.4, -0.2) is 20.2 Å². The lowest BCUT2D eigenvalue weighted by atomic mass is 10.5. The smallest absolute Gasteiger partial charge is 0.240 e. The van der Waals surface area contributed by atoms with Gasteiger partial charge < -0.3 is 5.73 Å². The molecule has 0 aliphatic rings. The monoisotopic (exact) mass is 215 g/mol. The summed E-state index contributed by atoms with van der Waals surface area (Å²) in [5, 5.41) is 10.7. The van der Waals surface area contributed by atoms with Gasteiger partial charge in [0.15, 0.2) is 0 Å². The summed E-state index contributed by atoms with van der Waals surface area (Å²) in [6, 6.07) is 3.76. The number of rotatable bonds is 2. The SMILES string of the molecule is Nc1nnnn1Cc1ccc(Cl)s1. The zero-order valence-electron chi connectivity index (χ0n) is 6.51. The van der Waals surface area contributed by atoms with Gasteiger partial charge in [-0.05, 0) is 22.6 Å². The fraction of sp³-hybridized carbons (Fsp3) is 0.167. The number of aromatic nitrogens is 4. The van der Waals surface area contributed by atoms with Gasteiger partial charge in [0.25, 0.3) is 0 Å². The topological polar surface area (TPSA) is 69.6 Å². The predicted octanol–water partition coefficient (Wildman–Crippen LogP) is 1.02. The molecule has 2 N–H and O–H groups in total. The molecule has 2 aromatic rings. The molecule has 0 aromatic carbocycles. The maximum Gasteiger partial charge on any atom is 0.240 e. The van der Waals surface area contributed by atoms with Crippen LogP contribution in [0.4, 0.5) is 5.95 Å². The molecule has 2 rings (SSSR count). The van der Waals surface area contributed by atoms with E-state index in [0.717, 1.165) is 9.21 Å². The Bertz CT molecular complexity index is 409. The van der Waals surface area contributed by atoms with Crippen molar-refractivity contribution in [1.82, 2.24) is 20.2 Å². The van der Waals surface area contributed by atoms with Crippen molar-refractivity contribution in [3.05, 3.63) is 21.3 Å². The average molecular weight is 216 g/mol. The highest BCUT2D eigenvalue weighted by Gasteiger charge is 2.03. The fourth-order valence-electron chi connectivity index (χ4n) is 0.909. The molecule has 5 nitrogen and oxygen atoms in total. The molecular formula is C6H6ClN5S. The van der Waals surface area contributed by atoms with Gasteiger partial charge in [0.05, 0.1) is 10.9 Å². The second-order valence-electron chi connectivity index (χ2n) is 2.40. The van der Waals surface area contributed by atoms with Crippen LogP contribution in [0.15, 0.2) is 12.1 Å². The van der Waals surface area contributed by atoms with E-state index in [-0.39, 0.29) is 0 Å². The third kappa shape index (κ3) is 1.78. The lowest BCUT2D eigenvalue weighted by molar-refractivity contribution is 0.661. The number of hydrogen-bond donors (Lipinski definition) is 1. The molecule has 2 heterocycles. The van der Waals surface area contributed by atoms with Crippen LogP contribution in [0.1, 0.15) is 4.88 Å². The predicted molar refractivity (Wildman–Crippen MR) is 50.7 cm³/mol. The molecule has 68 valence electrons. The first-order valence-corrected chi connectivity index (χ1v) is 4.71. The van der Waals surface area contributed by atoms with E-state index in [1.807, 2.05) is 12.1 Å². The number of anilines is 1. The number of hydrogen-bond acceptors (Lipinski definition) is 5. The summed E-state index contributed by atoms with van der Waals surface area (Å²) in [6.45, 7) is 0.566. The van der Waals surface area contributed by atoms with Crippen LogP contribution >= 0.6 is 22.9 Å². The normalized spacial score (nSPS) is 10.5. The van der Waals surface area contributed by atoms with E-state index in [0.29, 0.717) is 12.5 Å². The highest BCUT2D eigenvalue weighted by Crippen LogP contribution is 2.22. The van der Waals surface area contributed by atoms with Gasteiger partial charge in [-0.25, -0.2) is 4.68 Å². The lowest BCUT2D eigenvalue weighted by Gasteiger charge is -1.96. The Morgan fingerprint density at radius 1 is 1.54 bits per heavy atom. The van der Waals surface area contributed by atoms with Crippen molar-refractivity contribution >= 4 is 28.9 Å². The molecule has 0 atom stereocenters. The molecule has 0 unspecified atom stereocenters. The fourth-order valence-corrected chi connectivity index (χ4v) is 1.98. The van der Waals surface area contributed by atoms with E-state index in [2.05, 4.69) is 15.5 Å². The second-order valence-corrected chi connectivity index (χ2v) is 4.20. The molecule has 0 amide bonds. The molecule has 0 radical (unpaired) electrons. The third-order valence-electron chi connectivity index (χ3n) is 1.49. The van der Waals surface area contributed by atoms with Crippen LogP contribution in [0.25, 0.3) is 0 Å². The molecular weight excluding hydrogens is 210 g/mol. The summed E-state index contributed by atoms with van der Waals surface area (Å²) in [7, 11) is 0. The van der Waals surface area contributed by atoms with E-state index in [9.17, 15) is 0 Å². The third-order valence-corrected chi connectivity index (χ3v) is 2.71. The van der Waals surface area contributed by atoms with Crippen LogP contribution in [0.5, 0.6) is 0 Å². The minimum atomic E-state index is 0.310. The quantitative estimate of drug-likeness (QED) is 0.812. The standard InChI is InChI=1S/C6H6ClN5S/c7-5-2-1-4(13-5)3-12-6(8)9-10-11-12/h1-2H,3H2,(H2,8,9,11). The Balaban J connectivity index is 2.19. The van der Waals surface area contributed by atoms with E-state index in [4.69, 9.17) is 17.3 Å². The molecule has 0 saturated carbocycles. The summed E-state index contributed by atoms with van der Waals surface area (Å²) >= 11 is 7.25. The Kier molecular flexibility index (Phi) is 2.15. The van der Waals surface area contributed by atoms with E-state index >= 15 is 0 Å². The van der Waals surface area contributed by atoms with E-state index in [1.165, 1.54) is 16.0 Å². The van der Waals surface area contributed by atoms with Crippen molar-refractivity contribution in [2.24, 2.45) is 0 Å². The molecule has 0 aliphatic heterocycles. The molecule has 0 fully saturated rings. The van der Waals surface area contributed by atoms with E-state index < -0.39 is 0 Å². The molecule has 0 bridgehead atoms. The Morgan fingerprint density at radius 3 is 2.92 bits per heavy atom.